The van der Waals surface area contributed by atoms with Crippen LogP contribution in [0, 0.1) is 5.92 Å². The van der Waals surface area contributed by atoms with Crippen LogP contribution in [-0.2, 0) is 4.74 Å². The second kappa shape index (κ2) is 5.87. The van der Waals surface area contributed by atoms with Crippen molar-refractivity contribution in [3.8, 4) is 0 Å². The lowest BCUT2D eigenvalue weighted by Gasteiger charge is -2.16. The van der Waals surface area contributed by atoms with Gasteiger partial charge in [0.2, 0.25) is 0 Å². The zero-order valence-corrected chi connectivity index (χ0v) is 11.5. The standard InChI is InChI=1S/C12H14Cl2N2O2/c1-18-7-8-2-3-16(6-8)12(17)9-4-10(13)15-11(14)5-9/h4-5,8H,2-3,6-7H2,1H3. The van der Waals surface area contributed by atoms with Crippen LogP contribution in [0.5, 0.6) is 0 Å². The number of halogens is 2. The highest BCUT2D eigenvalue weighted by Crippen LogP contribution is 2.21. The molecule has 0 bridgehead atoms. The van der Waals surface area contributed by atoms with Crippen LogP contribution >= 0.6 is 23.2 Å². The number of aromatic nitrogens is 1. The van der Waals surface area contributed by atoms with Crippen LogP contribution in [0.2, 0.25) is 10.3 Å². The van der Waals surface area contributed by atoms with E-state index in [2.05, 4.69) is 4.98 Å². The molecule has 1 amide bonds. The molecular weight excluding hydrogens is 275 g/mol. The average molecular weight is 289 g/mol. The lowest BCUT2D eigenvalue weighted by Crippen LogP contribution is -2.29. The summed E-state index contributed by atoms with van der Waals surface area (Å²) in [6.07, 6.45) is 0.964. The van der Waals surface area contributed by atoms with Crippen molar-refractivity contribution in [3.63, 3.8) is 0 Å². The normalized spacial score (nSPS) is 19.3. The third kappa shape index (κ3) is 3.13. The Kier molecular flexibility index (Phi) is 4.43. The molecule has 0 N–H and O–H groups in total. The number of carbonyl (C=O) groups excluding carboxylic acids is 1. The van der Waals surface area contributed by atoms with E-state index in [0.717, 1.165) is 13.0 Å². The van der Waals surface area contributed by atoms with Gasteiger partial charge in [0.05, 0.1) is 6.61 Å². The largest absolute Gasteiger partial charge is 0.384 e. The third-order valence-corrected chi connectivity index (χ3v) is 3.37. The molecule has 2 heterocycles. The van der Waals surface area contributed by atoms with Gasteiger partial charge >= 0.3 is 0 Å². The van der Waals surface area contributed by atoms with E-state index in [9.17, 15) is 4.79 Å². The van der Waals surface area contributed by atoms with Crippen LogP contribution in [0.25, 0.3) is 0 Å². The van der Waals surface area contributed by atoms with Gasteiger partial charge in [-0.3, -0.25) is 4.79 Å². The summed E-state index contributed by atoms with van der Waals surface area (Å²) < 4.78 is 5.11. The molecule has 0 aliphatic carbocycles. The summed E-state index contributed by atoms with van der Waals surface area (Å²) in [5, 5.41) is 0.469. The topological polar surface area (TPSA) is 42.4 Å². The minimum atomic E-state index is -0.0557. The van der Waals surface area contributed by atoms with Gasteiger partial charge in [0, 0.05) is 31.7 Å². The number of pyridine rings is 1. The molecule has 0 saturated carbocycles. The summed E-state index contributed by atoms with van der Waals surface area (Å²) in [6, 6.07) is 3.08. The number of amides is 1. The van der Waals surface area contributed by atoms with Crippen molar-refractivity contribution < 1.29 is 9.53 Å². The maximum atomic E-state index is 12.2. The number of carbonyl (C=O) groups is 1. The number of rotatable bonds is 3. The molecule has 1 atom stereocenters. The molecule has 2 rings (SSSR count). The molecule has 1 saturated heterocycles. The molecule has 1 aromatic heterocycles. The number of nitrogens with zero attached hydrogens (tertiary/aromatic N) is 2. The van der Waals surface area contributed by atoms with Gasteiger partial charge in [0.15, 0.2) is 0 Å². The minimum absolute atomic E-state index is 0.0557. The molecule has 1 unspecified atom stereocenters. The molecule has 4 nitrogen and oxygen atoms in total. The maximum absolute atomic E-state index is 12.2. The van der Waals surface area contributed by atoms with Gasteiger partial charge in [-0.2, -0.15) is 0 Å². The Hall–Kier alpha value is -0.840. The Morgan fingerprint density at radius 2 is 2.17 bits per heavy atom. The number of methoxy groups -OCH3 is 1. The first-order chi connectivity index (χ1) is 8.60. The monoisotopic (exact) mass is 288 g/mol. The zero-order valence-electron chi connectivity index (χ0n) is 10.0. The molecule has 0 aromatic carbocycles. The first-order valence-corrected chi connectivity index (χ1v) is 6.47. The van der Waals surface area contributed by atoms with Gasteiger partial charge in [0.1, 0.15) is 10.3 Å². The van der Waals surface area contributed by atoms with Gasteiger partial charge in [-0.15, -0.1) is 0 Å². The fraction of sp³-hybridized carbons (Fsp3) is 0.500. The predicted octanol–water partition coefficient (Wildman–Crippen LogP) is 2.50. The van der Waals surface area contributed by atoms with Crippen LogP contribution in [0.4, 0.5) is 0 Å². The minimum Gasteiger partial charge on any atom is -0.384 e. The van der Waals surface area contributed by atoms with E-state index >= 15 is 0 Å². The van der Waals surface area contributed by atoms with E-state index in [4.69, 9.17) is 27.9 Å². The number of ether oxygens (including phenoxy) is 1. The summed E-state index contributed by atoms with van der Waals surface area (Å²) >= 11 is 11.6. The van der Waals surface area contributed by atoms with Gasteiger partial charge in [-0.05, 0) is 18.6 Å². The van der Waals surface area contributed by atoms with E-state index in [1.165, 1.54) is 0 Å². The highest BCUT2D eigenvalue weighted by Gasteiger charge is 2.27. The molecule has 6 heteroatoms. The predicted molar refractivity (Wildman–Crippen MR) is 70.1 cm³/mol. The Bertz CT molecular complexity index is 433. The van der Waals surface area contributed by atoms with Crippen LogP contribution in [0.15, 0.2) is 12.1 Å². The molecule has 98 valence electrons. The lowest BCUT2D eigenvalue weighted by atomic mass is 10.1. The first kappa shape index (κ1) is 13.6. The highest BCUT2D eigenvalue weighted by molar-refractivity contribution is 6.33. The van der Waals surface area contributed by atoms with Crippen LogP contribution < -0.4 is 0 Å². The van der Waals surface area contributed by atoms with Crippen molar-refractivity contribution in [2.75, 3.05) is 26.8 Å². The van der Waals surface area contributed by atoms with E-state index < -0.39 is 0 Å². The molecule has 0 radical (unpaired) electrons. The van der Waals surface area contributed by atoms with Gasteiger partial charge in [-0.25, -0.2) is 4.98 Å². The van der Waals surface area contributed by atoms with Gasteiger partial charge in [-0.1, -0.05) is 23.2 Å². The smallest absolute Gasteiger partial charge is 0.254 e. The number of hydrogen-bond acceptors (Lipinski definition) is 3. The maximum Gasteiger partial charge on any atom is 0.254 e. The number of hydrogen-bond donors (Lipinski definition) is 0. The van der Waals surface area contributed by atoms with E-state index in [0.29, 0.717) is 24.6 Å². The van der Waals surface area contributed by atoms with Gasteiger partial charge < -0.3 is 9.64 Å². The summed E-state index contributed by atoms with van der Waals surface area (Å²) in [5.74, 6) is 0.353. The van der Waals surface area contributed by atoms with E-state index in [-0.39, 0.29) is 16.2 Å². The molecule has 1 aliphatic rings. The fourth-order valence-electron chi connectivity index (χ4n) is 2.16. The third-order valence-electron chi connectivity index (χ3n) is 2.99. The SMILES string of the molecule is COCC1CCN(C(=O)c2cc(Cl)nc(Cl)c2)C1. The summed E-state index contributed by atoms with van der Waals surface area (Å²) in [7, 11) is 1.67. The van der Waals surface area contributed by atoms with Crippen molar-refractivity contribution in [3.05, 3.63) is 28.0 Å². The van der Waals surface area contributed by atoms with E-state index in [1.54, 1.807) is 24.1 Å². The van der Waals surface area contributed by atoms with Crippen molar-refractivity contribution >= 4 is 29.1 Å². The Labute approximate surface area is 116 Å². The van der Waals surface area contributed by atoms with Crippen LogP contribution in [0.3, 0.4) is 0 Å². The quantitative estimate of drug-likeness (QED) is 0.803. The lowest BCUT2D eigenvalue weighted by molar-refractivity contribution is 0.0775. The Balaban J connectivity index is 2.08. The molecule has 1 fully saturated rings. The summed E-state index contributed by atoms with van der Waals surface area (Å²) in [5.41, 5.74) is 0.484. The molecule has 1 aliphatic heterocycles. The second-order valence-electron chi connectivity index (χ2n) is 4.36. The summed E-state index contributed by atoms with van der Waals surface area (Å²) in [6.45, 7) is 2.14. The van der Waals surface area contributed by atoms with Crippen LogP contribution in [-0.4, -0.2) is 42.6 Å². The zero-order chi connectivity index (χ0) is 13.1. The summed E-state index contributed by atoms with van der Waals surface area (Å²) in [4.78, 5) is 17.9. The van der Waals surface area contributed by atoms with Crippen molar-refractivity contribution in [2.45, 2.75) is 6.42 Å². The molecule has 0 spiro atoms. The van der Waals surface area contributed by atoms with Crippen molar-refractivity contribution in [1.29, 1.82) is 0 Å². The second-order valence-corrected chi connectivity index (χ2v) is 5.14. The first-order valence-electron chi connectivity index (χ1n) is 5.71. The van der Waals surface area contributed by atoms with Crippen LogP contribution in [0.1, 0.15) is 16.8 Å². The van der Waals surface area contributed by atoms with Gasteiger partial charge in [0.25, 0.3) is 5.91 Å². The average Bonchev–Trinajstić information content (AvgIpc) is 2.76. The number of likely N-dealkylation sites (tertiary alicyclic amines) is 1. The van der Waals surface area contributed by atoms with Crippen molar-refractivity contribution in [2.24, 2.45) is 5.92 Å². The van der Waals surface area contributed by atoms with E-state index in [1.807, 2.05) is 0 Å². The Morgan fingerprint density at radius 3 is 2.78 bits per heavy atom. The fourth-order valence-corrected chi connectivity index (χ4v) is 2.62. The molecule has 1 aromatic rings. The Morgan fingerprint density at radius 1 is 1.50 bits per heavy atom. The highest BCUT2D eigenvalue weighted by atomic mass is 35.5. The molecule has 18 heavy (non-hydrogen) atoms. The molecular formula is C12H14Cl2N2O2. The van der Waals surface area contributed by atoms with Crippen molar-refractivity contribution in [1.82, 2.24) is 9.88 Å².